The Kier molecular flexibility index (Phi) is 4.47. The molecule has 1 aliphatic heterocycles. The van der Waals surface area contributed by atoms with Crippen molar-refractivity contribution in [1.82, 2.24) is 0 Å². The van der Waals surface area contributed by atoms with Crippen LogP contribution in [-0.2, 0) is 9.47 Å². The molecule has 6 heteroatoms. The SMILES string of the molecule is CCCCC[C@@H]1[C@]2(C#N)C(N)=NC(OCC)(OCC)[C@]12C#N. The number of aliphatic imine (C=N–C) groups is 1. The zero-order chi connectivity index (χ0) is 16.4. The number of ether oxygens (including phenoxy) is 2. The van der Waals surface area contributed by atoms with Crippen molar-refractivity contribution in [3.05, 3.63) is 0 Å². The third-order valence-corrected chi connectivity index (χ3v) is 4.88. The van der Waals surface area contributed by atoms with E-state index < -0.39 is 16.7 Å². The number of unbranched alkanes of at least 4 members (excludes halogenated alkanes) is 2. The van der Waals surface area contributed by atoms with Crippen molar-refractivity contribution in [2.75, 3.05) is 13.2 Å². The van der Waals surface area contributed by atoms with Crippen LogP contribution in [0.15, 0.2) is 4.99 Å². The lowest BCUT2D eigenvalue weighted by molar-refractivity contribution is -0.257. The summed E-state index contributed by atoms with van der Waals surface area (Å²) in [6.45, 7) is 6.43. The van der Waals surface area contributed by atoms with Gasteiger partial charge in [0.2, 0.25) is 0 Å². The third kappa shape index (κ3) is 1.74. The molecule has 0 radical (unpaired) electrons. The Morgan fingerprint density at radius 3 is 2.23 bits per heavy atom. The van der Waals surface area contributed by atoms with Crippen LogP contribution in [0.5, 0.6) is 0 Å². The van der Waals surface area contributed by atoms with E-state index in [1.54, 1.807) is 0 Å². The lowest BCUT2D eigenvalue weighted by atomic mass is 9.93. The van der Waals surface area contributed by atoms with Crippen LogP contribution in [0, 0.1) is 39.4 Å². The van der Waals surface area contributed by atoms with Crippen LogP contribution < -0.4 is 5.73 Å². The Morgan fingerprint density at radius 2 is 1.77 bits per heavy atom. The largest absolute Gasteiger partial charge is 0.386 e. The Hall–Kier alpha value is -1.63. The van der Waals surface area contributed by atoms with Gasteiger partial charge in [0.05, 0.1) is 12.1 Å². The molecular formula is C16H24N4O2. The third-order valence-electron chi connectivity index (χ3n) is 4.88. The quantitative estimate of drug-likeness (QED) is 0.547. The first kappa shape index (κ1) is 16.7. The molecule has 2 rings (SSSR count). The van der Waals surface area contributed by atoms with Gasteiger partial charge in [0.25, 0.3) is 5.91 Å². The number of amidine groups is 1. The Labute approximate surface area is 131 Å². The number of nitrogens with two attached hydrogens (primary N) is 1. The maximum atomic E-state index is 9.91. The van der Waals surface area contributed by atoms with E-state index in [4.69, 9.17) is 15.2 Å². The predicted molar refractivity (Wildman–Crippen MR) is 81.3 cm³/mol. The fourth-order valence-electron chi connectivity index (χ4n) is 3.95. The molecule has 120 valence electrons. The van der Waals surface area contributed by atoms with Crippen LogP contribution in [0.25, 0.3) is 0 Å². The topological polar surface area (TPSA) is 104 Å². The van der Waals surface area contributed by atoms with Gasteiger partial charge in [-0.2, -0.15) is 10.5 Å². The summed E-state index contributed by atoms with van der Waals surface area (Å²) >= 11 is 0. The van der Waals surface area contributed by atoms with Crippen molar-refractivity contribution >= 4 is 5.84 Å². The molecule has 2 N–H and O–H groups in total. The molecule has 6 nitrogen and oxygen atoms in total. The van der Waals surface area contributed by atoms with E-state index in [-0.39, 0.29) is 11.8 Å². The van der Waals surface area contributed by atoms with Crippen molar-refractivity contribution in [3.8, 4) is 12.1 Å². The second kappa shape index (κ2) is 5.87. The van der Waals surface area contributed by atoms with E-state index in [0.29, 0.717) is 13.2 Å². The minimum absolute atomic E-state index is 0.181. The molecule has 3 atom stereocenters. The first-order valence-electron chi connectivity index (χ1n) is 8.03. The fraction of sp³-hybridized carbons (Fsp3) is 0.812. The Bertz CT molecular complexity index is 541. The molecule has 0 aromatic rings. The molecule has 1 aliphatic carbocycles. The van der Waals surface area contributed by atoms with Gasteiger partial charge in [-0.05, 0) is 20.3 Å². The lowest BCUT2D eigenvalue weighted by Crippen LogP contribution is -2.43. The zero-order valence-electron chi connectivity index (χ0n) is 13.6. The molecule has 1 heterocycles. The van der Waals surface area contributed by atoms with Crippen LogP contribution in [0.1, 0.15) is 46.5 Å². The number of fused-ring (bicyclic) bond motifs is 1. The smallest absolute Gasteiger partial charge is 0.293 e. The van der Waals surface area contributed by atoms with E-state index in [1.807, 2.05) is 13.8 Å². The maximum Gasteiger partial charge on any atom is 0.293 e. The molecule has 22 heavy (non-hydrogen) atoms. The molecule has 0 amide bonds. The highest BCUT2D eigenvalue weighted by Crippen LogP contribution is 2.79. The Balaban J connectivity index is 2.44. The van der Waals surface area contributed by atoms with Crippen LogP contribution >= 0.6 is 0 Å². The molecule has 0 bridgehead atoms. The number of hydrogen-bond acceptors (Lipinski definition) is 6. The fourth-order valence-corrected chi connectivity index (χ4v) is 3.95. The molecule has 2 aliphatic rings. The normalized spacial score (nSPS) is 34.4. The standard InChI is InChI=1S/C16H24N4O2/c1-4-7-8-9-12-14(10-17)13(19)20-16(21-5-2,22-6-3)15(12,14)11-18/h12H,4-9H2,1-3H3,(H2,19,20)/t12-,14-,15-/m1/s1. The first-order chi connectivity index (χ1) is 10.6. The lowest BCUT2D eigenvalue weighted by Gasteiger charge is -2.31. The van der Waals surface area contributed by atoms with Gasteiger partial charge in [0.15, 0.2) is 5.41 Å². The van der Waals surface area contributed by atoms with Crippen molar-refractivity contribution in [3.63, 3.8) is 0 Å². The van der Waals surface area contributed by atoms with E-state index in [9.17, 15) is 10.5 Å². The predicted octanol–water partition coefficient (Wildman–Crippen LogP) is 2.31. The van der Waals surface area contributed by atoms with Crippen LogP contribution in [0.3, 0.4) is 0 Å². The van der Waals surface area contributed by atoms with E-state index >= 15 is 0 Å². The van der Waals surface area contributed by atoms with Crippen molar-refractivity contribution in [1.29, 1.82) is 10.5 Å². The van der Waals surface area contributed by atoms with Crippen molar-refractivity contribution in [2.24, 2.45) is 27.5 Å². The van der Waals surface area contributed by atoms with Gasteiger partial charge < -0.3 is 15.2 Å². The van der Waals surface area contributed by atoms with Gasteiger partial charge >= 0.3 is 0 Å². The van der Waals surface area contributed by atoms with Gasteiger partial charge in [0, 0.05) is 19.1 Å². The molecule has 1 fully saturated rings. The van der Waals surface area contributed by atoms with E-state index in [2.05, 4.69) is 24.1 Å². The second-order valence-electron chi connectivity index (χ2n) is 5.83. The summed E-state index contributed by atoms with van der Waals surface area (Å²) in [5.41, 5.74) is 3.88. The number of nitrogens with zero attached hydrogens (tertiary/aromatic N) is 3. The highest BCUT2D eigenvalue weighted by molar-refractivity contribution is 5.98. The highest BCUT2D eigenvalue weighted by Gasteiger charge is 2.92. The molecule has 0 saturated heterocycles. The van der Waals surface area contributed by atoms with E-state index in [1.165, 1.54) is 0 Å². The van der Waals surface area contributed by atoms with E-state index in [0.717, 1.165) is 25.7 Å². The van der Waals surface area contributed by atoms with Gasteiger partial charge in [-0.3, -0.25) is 0 Å². The summed E-state index contributed by atoms with van der Waals surface area (Å²) < 4.78 is 11.5. The van der Waals surface area contributed by atoms with Gasteiger partial charge in [-0.15, -0.1) is 0 Å². The van der Waals surface area contributed by atoms with Crippen molar-refractivity contribution < 1.29 is 9.47 Å². The van der Waals surface area contributed by atoms with Crippen LogP contribution in [-0.4, -0.2) is 25.0 Å². The molecular weight excluding hydrogens is 280 g/mol. The van der Waals surface area contributed by atoms with Crippen LogP contribution in [0.2, 0.25) is 0 Å². The van der Waals surface area contributed by atoms with Gasteiger partial charge in [-0.1, -0.05) is 26.2 Å². The van der Waals surface area contributed by atoms with Crippen molar-refractivity contribution in [2.45, 2.75) is 52.4 Å². The molecule has 1 saturated carbocycles. The molecule has 0 aromatic carbocycles. The summed E-state index contributed by atoms with van der Waals surface area (Å²) in [4.78, 5) is 4.30. The minimum Gasteiger partial charge on any atom is -0.386 e. The Morgan fingerprint density at radius 1 is 1.14 bits per heavy atom. The molecule has 0 unspecified atom stereocenters. The zero-order valence-corrected chi connectivity index (χ0v) is 13.6. The summed E-state index contributed by atoms with van der Waals surface area (Å²) in [6.07, 6.45) is 3.85. The summed E-state index contributed by atoms with van der Waals surface area (Å²) in [6, 6.07) is 4.57. The summed E-state index contributed by atoms with van der Waals surface area (Å²) in [7, 11) is 0. The second-order valence-corrected chi connectivity index (χ2v) is 5.83. The van der Waals surface area contributed by atoms with Crippen LogP contribution in [0.4, 0.5) is 0 Å². The van der Waals surface area contributed by atoms with Gasteiger partial charge in [0.1, 0.15) is 11.3 Å². The summed E-state index contributed by atoms with van der Waals surface area (Å²) in [5, 5.41) is 19.7. The number of rotatable bonds is 8. The maximum absolute atomic E-state index is 9.91. The number of nitriles is 2. The van der Waals surface area contributed by atoms with Gasteiger partial charge in [-0.25, -0.2) is 4.99 Å². The average molecular weight is 304 g/mol. The highest BCUT2D eigenvalue weighted by atomic mass is 16.7. The molecule has 0 spiro atoms. The summed E-state index contributed by atoms with van der Waals surface area (Å²) in [5.74, 6) is -1.45. The average Bonchev–Trinajstić information content (AvgIpc) is 3.04. The minimum atomic E-state index is -1.44. The number of hydrogen-bond donors (Lipinski definition) is 1. The molecule has 0 aromatic heterocycles. The first-order valence-corrected chi connectivity index (χ1v) is 8.03. The monoisotopic (exact) mass is 304 g/mol.